The number of aromatic nitrogens is 2. The van der Waals surface area contributed by atoms with Crippen molar-refractivity contribution < 1.29 is 9.59 Å². The summed E-state index contributed by atoms with van der Waals surface area (Å²) in [5.41, 5.74) is 1.44. The lowest BCUT2D eigenvalue weighted by Gasteiger charge is -2.28. The van der Waals surface area contributed by atoms with Crippen LogP contribution in [0.4, 0.5) is 0 Å². The number of H-pyrrole nitrogens is 1. The zero-order valence-corrected chi connectivity index (χ0v) is 11.2. The standard InChI is InChI=1S/C14H19N3O2/c1-9-11(8-15-16-9)14(19)17-7-3-5-12(17)10-4-2-6-13(10)18/h8,10,12H,2-7H2,1H3,(H,15,16). The van der Waals surface area contributed by atoms with E-state index in [9.17, 15) is 9.59 Å². The summed E-state index contributed by atoms with van der Waals surface area (Å²) < 4.78 is 0. The average molecular weight is 261 g/mol. The molecule has 2 fully saturated rings. The van der Waals surface area contributed by atoms with E-state index in [1.165, 1.54) is 0 Å². The minimum Gasteiger partial charge on any atom is -0.335 e. The molecule has 102 valence electrons. The lowest BCUT2D eigenvalue weighted by atomic mass is 9.95. The number of likely N-dealkylation sites (tertiary alicyclic amines) is 1. The number of hydrogen-bond acceptors (Lipinski definition) is 3. The average Bonchev–Trinajstić information content (AvgIpc) is 3.07. The first-order chi connectivity index (χ1) is 9.18. The lowest BCUT2D eigenvalue weighted by Crippen LogP contribution is -2.41. The molecule has 19 heavy (non-hydrogen) atoms. The SMILES string of the molecule is Cc1[nH]ncc1C(=O)N1CCCC1C1CCCC1=O. The van der Waals surface area contributed by atoms with Gasteiger partial charge in [0.1, 0.15) is 5.78 Å². The van der Waals surface area contributed by atoms with Gasteiger partial charge in [0.05, 0.1) is 11.8 Å². The maximum atomic E-state index is 12.6. The molecule has 2 aliphatic rings. The Balaban J connectivity index is 1.81. The number of hydrogen-bond donors (Lipinski definition) is 1. The van der Waals surface area contributed by atoms with Crippen molar-refractivity contribution in [1.29, 1.82) is 0 Å². The van der Waals surface area contributed by atoms with Crippen LogP contribution in [0.25, 0.3) is 0 Å². The molecule has 2 heterocycles. The van der Waals surface area contributed by atoms with Crippen LogP contribution in [0, 0.1) is 12.8 Å². The van der Waals surface area contributed by atoms with Gasteiger partial charge in [-0.2, -0.15) is 5.10 Å². The van der Waals surface area contributed by atoms with Gasteiger partial charge in [-0.1, -0.05) is 0 Å². The van der Waals surface area contributed by atoms with Crippen molar-refractivity contribution in [3.8, 4) is 0 Å². The van der Waals surface area contributed by atoms with E-state index in [0.717, 1.165) is 37.9 Å². The number of carbonyl (C=O) groups excluding carboxylic acids is 2. The molecule has 0 spiro atoms. The van der Waals surface area contributed by atoms with E-state index >= 15 is 0 Å². The second kappa shape index (κ2) is 4.79. The Morgan fingerprint density at radius 1 is 1.42 bits per heavy atom. The zero-order valence-electron chi connectivity index (χ0n) is 11.2. The Bertz CT molecular complexity index is 509. The van der Waals surface area contributed by atoms with Gasteiger partial charge in [0.2, 0.25) is 0 Å². The lowest BCUT2D eigenvalue weighted by molar-refractivity contribution is -0.121. The molecule has 1 saturated carbocycles. The number of aryl methyl sites for hydroxylation is 1. The van der Waals surface area contributed by atoms with Crippen molar-refractivity contribution in [2.45, 2.75) is 45.1 Å². The Kier molecular flexibility index (Phi) is 3.12. The van der Waals surface area contributed by atoms with Gasteiger partial charge in [0, 0.05) is 30.6 Å². The number of rotatable bonds is 2. The van der Waals surface area contributed by atoms with Crippen LogP contribution in [0.5, 0.6) is 0 Å². The highest BCUT2D eigenvalue weighted by atomic mass is 16.2. The predicted octanol–water partition coefficient (Wildman–Crippen LogP) is 1.69. The maximum absolute atomic E-state index is 12.6. The quantitative estimate of drug-likeness (QED) is 0.881. The highest BCUT2D eigenvalue weighted by Crippen LogP contribution is 2.34. The number of aromatic amines is 1. The fourth-order valence-electron chi connectivity index (χ4n) is 3.43. The number of nitrogens with zero attached hydrogens (tertiary/aromatic N) is 2. The van der Waals surface area contributed by atoms with Crippen LogP contribution in [-0.2, 0) is 4.79 Å². The molecule has 1 aliphatic heterocycles. The minimum absolute atomic E-state index is 0.0217. The van der Waals surface area contributed by atoms with Crippen molar-refractivity contribution in [2.75, 3.05) is 6.54 Å². The van der Waals surface area contributed by atoms with Crippen molar-refractivity contribution in [3.05, 3.63) is 17.5 Å². The molecule has 1 amide bonds. The van der Waals surface area contributed by atoms with Gasteiger partial charge in [0.25, 0.3) is 5.91 Å². The molecule has 0 bridgehead atoms. The fourth-order valence-corrected chi connectivity index (χ4v) is 3.43. The summed E-state index contributed by atoms with van der Waals surface area (Å²) in [4.78, 5) is 26.4. The van der Waals surface area contributed by atoms with Crippen LogP contribution in [-0.4, -0.2) is 39.4 Å². The molecular weight excluding hydrogens is 242 g/mol. The van der Waals surface area contributed by atoms with Gasteiger partial charge < -0.3 is 4.90 Å². The highest BCUT2D eigenvalue weighted by molar-refractivity contribution is 5.96. The molecule has 3 rings (SSSR count). The predicted molar refractivity (Wildman–Crippen MR) is 69.7 cm³/mol. The third-order valence-electron chi connectivity index (χ3n) is 4.44. The molecule has 1 aromatic rings. The van der Waals surface area contributed by atoms with Crippen LogP contribution < -0.4 is 0 Å². The van der Waals surface area contributed by atoms with Crippen LogP contribution in [0.2, 0.25) is 0 Å². The van der Waals surface area contributed by atoms with E-state index in [0.29, 0.717) is 17.8 Å². The molecular formula is C14H19N3O2. The van der Waals surface area contributed by atoms with E-state index in [-0.39, 0.29) is 17.9 Å². The van der Waals surface area contributed by atoms with E-state index in [4.69, 9.17) is 0 Å². The summed E-state index contributed by atoms with van der Waals surface area (Å²) in [6.07, 6.45) is 6.15. The molecule has 5 heteroatoms. The van der Waals surface area contributed by atoms with Gasteiger partial charge in [-0.05, 0) is 32.6 Å². The first-order valence-corrected chi connectivity index (χ1v) is 7.02. The third-order valence-corrected chi connectivity index (χ3v) is 4.44. The monoisotopic (exact) mass is 261 g/mol. The number of amides is 1. The van der Waals surface area contributed by atoms with Crippen LogP contribution >= 0.6 is 0 Å². The van der Waals surface area contributed by atoms with E-state index in [1.54, 1.807) is 6.20 Å². The van der Waals surface area contributed by atoms with Crippen LogP contribution in [0.15, 0.2) is 6.20 Å². The van der Waals surface area contributed by atoms with Crippen molar-refractivity contribution >= 4 is 11.7 Å². The van der Waals surface area contributed by atoms with E-state index in [2.05, 4.69) is 10.2 Å². The second-order valence-electron chi connectivity index (χ2n) is 5.58. The number of carbonyl (C=O) groups is 2. The Morgan fingerprint density at radius 3 is 2.89 bits per heavy atom. The van der Waals surface area contributed by atoms with E-state index < -0.39 is 0 Å². The number of ketones is 1. The largest absolute Gasteiger partial charge is 0.335 e. The van der Waals surface area contributed by atoms with Crippen molar-refractivity contribution in [2.24, 2.45) is 5.92 Å². The van der Waals surface area contributed by atoms with Crippen LogP contribution in [0.1, 0.15) is 48.2 Å². The Morgan fingerprint density at radius 2 is 2.26 bits per heavy atom. The normalized spacial score (nSPS) is 27.2. The van der Waals surface area contributed by atoms with Gasteiger partial charge in [-0.15, -0.1) is 0 Å². The maximum Gasteiger partial charge on any atom is 0.257 e. The topological polar surface area (TPSA) is 66.1 Å². The minimum atomic E-state index is 0.0217. The van der Waals surface area contributed by atoms with Crippen LogP contribution in [0.3, 0.4) is 0 Å². The summed E-state index contributed by atoms with van der Waals surface area (Å²) in [7, 11) is 0. The summed E-state index contributed by atoms with van der Waals surface area (Å²) in [5, 5.41) is 6.71. The fraction of sp³-hybridized carbons (Fsp3) is 0.643. The van der Waals surface area contributed by atoms with Crippen molar-refractivity contribution in [3.63, 3.8) is 0 Å². The third kappa shape index (κ3) is 2.07. The highest BCUT2D eigenvalue weighted by Gasteiger charge is 2.40. The number of Topliss-reactive ketones (excluding diaryl/α,β-unsaturated/α-hetero) is 1. The summed E-state index contributed by atoms with van der Waals surface area (Å²) in [6, 6.07) is 0.108. The molecule has 2 atom stereocenters. The van der Waals surface area contributed by atoms with Gasteiger partial charge in [-0.25, -0.2) is 0 Å². The molecule has 0 radical (unpaired) electrons. The van der Waals surface area contributed by atoms with Gasteiger partial charge in [-0.3, -0.25) is 14.7 Å². The Labute approximate surface area is 112 Å². The van der Waals surface area contributed by atoms with Gasteiger partial charge in [0.15, 0.2) is 0 Å². The van der Waals surface area contributed by atoms with Gasteiger partial charge >= 0.3 is 0 Å². The summed E-state index contributed by atoms with van der Waals surface area (Å²) in [5.74, 6) is 0.431. The molecule has 1 N–H and O–H groups in total. The zero-order chi connectivity index (χ0) is 13.4. The smallest absolute Gasteiger partial charge is 0.257 e. The summed E-state index contributed by atoms with van der Waals surface area (Å²) >= 11 is 0. The molecule has 2 unspecified atom stereocenters. The molecule has 1 saturated heterocycles. The summed E-state index contributed by atoms with van der Waals surface area (Å²) in [6.45, 7) is 2.62. The van der Waals surface area contributed by atoms with Crippen molar-refractivity contribution in [1.82, 2.24) is 15.1 Å². The number of nitrogens with one attached hydrogen (secondary N) is 1. The first kappa shape index (κ1) is 12.4. The molecule has 1 aliphatic carbocycles. The second-order valence-corrected chi connectivity index (χ2v) is 5.58. The van der Waals surface area contributed by atoms with E-state index in [1.807, 2.05) is 11.8 Å². The molecule has 0 aromatic carbocycles. The Hall–Kier alpha value is -1.65. The molecule has 1 aromatic heterocycles. The molecule has 5 nitrogen and oxygen atoms in total. The first-order valence-electron chi connectivity index (χ1n) is 7.02.